The minimum atomic E-state index is -0.800. The molecule has 1 aromatic rings. The topological polar surface area (TPSA) is 49.3 Å². The van der Waals surface area contributed by atoms with Gasteiger partial charge in [-0.25, -0.2) is 4.79 Å². The molecule has 1 rings (SSSR count). The summed E-state index contributed by atoms with van der Waals surface area (Å²) in [6, 6.07) is 7.03. The van der Waals surface area contributed by atoms with E-state index in [1.165, 1.54) is 0 Å². The van der Waals surface area contributed by atoms with Gasteiger partial charge in [0.15, 0.2) is 0 Å². The Bertz CT molecular complexity index is 373. The summed E-state index contributed by atoms with van der Waals surface area (Å²) in [7, 11) is 0. The van der Waals surface area contributed by atoms with Crippen LogP contribution < -0.4 is 5.32 Å². The van der Waals surface area contributed by atoms with Crippen molar-refractivity contribution in [3.05, 3.63) is 28.7 Å². The monoisotopic (exact) mass is 317 g/mol. The van der Waals surface area contributed by atoms with Crippen LogP contribution in [0.1, 0.15) is 12.8 Å². The second-order valence-corrected chi connectivity index (χ2v) is 5.58. The number of rotatable bonds is 7. The van der Waals surface area contributed by atoms with E-state index in [2.05, 4.69) is 21.2 Å². The fourth-order valence-corrected chi connectivity index (χ4v) is 2.32. The molecular weight excluding hydrogens is 302 g/mol. The number of anilines is 1. The van der Waals surface area contributed by atoms with Crippen LogP contribution in [0.3, 0.4) is 0 Å². The van der Waals surface area contributed by atoms with Crippen LogP contribution in [0, 0.1) is 0 Å². The summed E-state index contributed by atoms with van der Waals surface area (Å²) in [6.07, 6.45) is 3.57. The molecular formula is C12H16BrNO2S. The molecule has 0 heterocycles. The van der Waals surface area contributed by atoms with Crippen LogP contribution in [-0.4, -0.2) is 29.1 Å². The molecule has 3 nitrogen and oxygen atoms in total. The molecule has 0 radical (unpaired) electrons. The zero-order valence-corrected chi connectivity index (χ0v) is 12.1. The van der Waals surface area contributed by atoms with Gasteiger partial charge in [-0.1, -0.05) is 22.0 Å². The average Bonchev–Trinajstić information content (AvgIpc) is 2.28. The van der Waals surface area contributed by atoms with Crippen molar-refractivity contribution >= 4 is 39.3 Å². The molecule has 94 valence electrons. The van der Waals surface area contributed by atoms with Crippen LogP contribution in [0.15, 0.2) is 28.7 Å². The minimum Gasteiger partial charge on any atom is -0.480 e. The van der Waals surface area contributed by atoms with E-state index >= 15 is 0 Å². The van der Waals surface area contributed by atoms with Crippen LogP contribution in [0.25, 0.3) is 0 Å². The molecule has 17 heavy (non-hydrogen) atoms. The van der Waals surface area contributed by atoms with Crippen LogP contribution in [0.4, 0.5) is 5.69 Å². The Morgan fingerprint density at radius 3 is 2.94 bits per heavy atom. The Morgan fingerprint density at radius 1 is 1.59 bits per heavy atom. The van der Waals surface area contributed by atoms with Crippen LogP contribution >= 0.6 is 27.7 Å². The van der Waals surface area contributed by atoms with Crippen molar-refractivity contribution < 1.29 is 9.90 Å². The van der Waals surface area contributed by atoms with Gasteiger partial charge in [0, 0.05) is 10.2 Å². The molecule has 2 N–H and O–H groups in total. The van der Waals surface area contributed by atoms with Gasteiger partial charge < -0.3 is 10.4 Å². The number of nitrogens with one attached hydrogen (secondary N) is 1. The maximum atomic E-state index is 11.1. The Kier molecular flexibility index (Phi) is 6.44. The third-order valence-corrected chi connectivity index (χ3v) is 3.50. The number of thioether (sulfide) groups is 1. The van der Waals surface area contributed by atoms with Crippen molar-refractivity contribution in [3.8, 4) is 0 Å². The van der Waals surface area contributed by atoms with Gasteiger partial charge in [-0.15, -0.1) is 0 Å². The SMILES string of the molecule is CSCCCC(Nc1cccc(Br)c1)C(=O)O. The number of halogens is 1. The molecule has 0 saturated heterocycles. The first-order chi connectivity index (χ1) is 8.13. The second kappa shape index (κ2) is 7.61. The van der Waals surface area contributed by atoms with Crippen molar-refractivity contribution in [2.75, 3.05) is 17.3 Å². The smallest absolute Gasteiger partial charge is 0.326 e. The number of aliphatic carboxylic acids is 1. The van der Waals surface area contributed by atoms with Crippen molar-refractivity contribution in [1.29, 1.82) is 0 Å². The van der Waals surface area contributed by atoms with Crippen molar-refractivity contribution in [2.24, 2.45) is 0 Å². The van der Waals surface area contributed by atoms with E-state index in [-0.39, 0.29) is 0 Å². The number of carboxylic acid groups (broad SMARTS) is 1. The lowest BCUT2D eigenvalue weighted by molar-refractivity contribution is -0.138. The molecule has 1 unspecified atom stereocenters. The van der Waals surface area contributed by atoms with Gasteiger partial charge >= 0.3 is 5.97 Å². The standard InChI is InChI=1S/C12H16BrNO2S/c1-17-7-3-6-11(12(15)16)14-10-5-2-4-9(13)8-10/h2,4-5,8,11,14H,3,6-7H2,1H3,(H,15,16). The van der Waals surface area contributed by atoms with E-state index in [0.717, 1.165) is 22.3 Å². The van der Waals surface area contributed by atoms with Crippen LogP contribution in [0.2, 0.25) is 0 Å². The van der Waals surface area contributed by atoms with Gasteiger partial charge in [0.1, 0.15) is 6.04 Å². The number of benzene rings is 1. The normalized spacial score (nSPS) is 12.1. The Labute approximate surface area is 114 Å². The molecule has 0 amide bonds. The van der Waals surface area contributed by atoms with Crippen molar-refractivity contribution in [1.82, 2.24) is 0 Å². The lowest BCUT2D eigenvalue weighted by Gasteiger charge is -2.15. The highest BCUT2D eigenvalue weighted by atomic mass is 79.9. The first kappa shape index (κ1) is 14.4. The molecule has 1 aromatic carbocycles. The molecule has 1 atom stereocenters. The lowest BCUT2D eigenvalue weighted by Crippen LogP contribution is -2.29. The van der Waals surface area contributed by atoms with Crippen LogP contribution in [0.5, 0.6) is 0 Å². The molecule has 0 aromatic heterocycles. The summed E-state index contributed by atoms with van der Waals surface area (Å²) in [4.78, 5) is 11.1. The lowest BCUT2D eigenvalue weighted by atomic mass is 10.1. The number of hydrogen-bond donors (Lipinski definition) is 2. The van der Waals surface area contributed by atoms with Gasteiger partial charge in [0.25, 0.3) is 0 Å². The van der Waals surface area contributed by atoms with Gasteiger partial charge in [0.2, 0.25) is 0 Å². The third kappa shape index (κ3) is 5.46. The van der Waals surface area contributed by atoms with E-state index < -0.39 is 12.0 Å². The summed E-state index contributed by atoms with van der Waals surface area (Å²) in [5.41, 5.74) is 0.830. The molecule has 0 aliphatic heterocycles. The molecule has 0 bridgehead atoms. The summed E-state index contributed by atoms with van der Waals surface area (Å²) in [5, 5.41) is 12.2. The van der Waals surface area contributed by atoms with Crippen LogP contribution in [-0.2, 0) is 4.79 Å². The maximum absolute atomic E-state index is 11.1. The average molecular weight is 318 g/mol. The largest absolute Gasteiger partial charge is 0.480 e. The summed E-state index contributed by atoms with van der Waals surface area (Å²) >= 11 is 5.10. The van der Waals surface area contributed by atoms with Gasteiger partial charge in [-0.2, -0.15) is 11.8 Å². The van der Waals surface area contributed by atoms with Gasteiger partial charge in [-0.3, -0.25) is 0 Å². The Balaban J connectivity index is 2.57. The molecule has 0 aliphatic rings. The van der Waals surface area contributed by atoms with E-state index in [4.69, 9.17) is 5.11 Å². The van der Waals surface area contributed by atoms with Crippen molar-refractivity contribution in [3.63, 3.8) is 0 Å². The fourth-order valence-electron chi connectivity index (χ4n) is 1.47. The highest BCUT2D eigenvalue weighted by Crippen LogP contribution is 2.17. The van der Waals surface area contributed by atoms with E-state index in [1.54, 1.807) is 11.8 Å². The summed E-state index contributed by atoms with van der Waals surface area (Å²) in [6.45, 7) is 0. The second-order valence-electron chi connectivity index (χ2n) is 3.68. The molecule has 0 spiro atoms. The molecule has 0 aliphatic carbocycles. The Morgan fingerprint density at radius 2 is 2.35 bits per heavy atom. The fraction of sp³-hybridized carbons (Fsp3) is 0.417. The van der Waals surface area contributed by atoms with Gasteiger partial charge in [0.05, 0.1) is 0 Å². The molecule has 0 fully saturated rings. The zero-order valence-electron chi connectivity index (χ0n) is 9.65. The Hall–Kier alpha value is -0.680. The quantitative estimate of drug-likeness (QED) is 0.756. The maximum Gasteiger partial charge on any atom is 0.326 e. The number of carboxylic acids is 1. The van der Waals surface area contributed by atoms with Gasteiger partial charge in [-0.05, 0) is 43.0 Å². The predicted molar refractivity (Wildman–Crippen MR) is 76.8 cm³/mol. The molecule has 5 heteroatoms. The summed E-state index contributed by atoms with van der Waals surface area (Å²) in [5.74, 6) is 0.190. The van der Waals surface area contributed by atoms with Crippen molar-refractivity contribution in [2.45, 2.75) is 18.9 Å². The third-order valence-electron chi connectivity index (χ3n) is 2.30. The van der Waals surface area contributed by atoms with E-state index in [1.807, 2.05) is 30.5 Å². The minimum absolute atomic E-state index is 0.517. The highest BCUT2D eigenvalue weighted by Gasteiger charge is 2.16. The van der Waals surface area contributed by atoms with E-state index in [0.29, 0.717) is 6.42 Å². The number of hydrogen-bond acceptors (Lipinski definition) is 3. The zero-order chi connectivity index (χ0) is 12.7. The first-order valence-corrected chi connectivity index (χ1v) is 7.56. The summed E-state index contributed by atoms with van der Waals surface area (Å²) < 4.78 is 0.941. The number of carbonyl (C=O) groups is 1. The predicted octanol–water partition coefficient (Wildman–Crippen LogP) is 3.46. The highest BCUT2D eigenvalue weighted by molar-refractivity contribution is 9.10. The first-order valence-electron chi connectivity index (χ1n) is 5.37. The molecule has 0 saturated carbocycles. The van der Waals surface area contributed by atoms with E-state index in [9.17, 15) is 4.79 Å².